The predicted octanol–water partition coefficient (Wildman–Crippen LogP) is 2.12. The maximum absolute atomic E-state index is 9.12. The van der Waals surface area contributed by atoms with Gasteiger partial charge >= 0.3 is 0 Å². The molecule has 0 radical (unpaired) electrons. The molecule has 1 atom stereocenters. The summed E-state index contributed by atoms with van der Waals surface area (Å²) in [7, 11) is 0. The van der Waals surface area contributed by atoms with Crippen molar-refractivity contribution in [3.8, 4) is 6.07 Å². The Kier molecular flexibility index (Phi) is 3.08. The van der Waals surface area contributed by atoms with E-state index < -0.39 is 5.54 Å². The van der Waals surface area contributed by atoms with Gasteiger partial charge in [0.25, 0.3) is 0 Å². The van der Waals surface area contributed by atoms with Crippen LogP contribution in [0.4, 0.5) is 5.69 Å². The third-order valence-corrected chi connectivity index (χ3v) is 3.32. The minimum atomic E-state index is -0.685. The monoisotopic (exact) mass is 229 g/mol. The second kappa shape index (κ2) is 4.38. The molecule has 0 spiro atoms. The number of nitrogens with two attached hydrogens (primary N) is 1. The lowest BCUT2D eigenvalue weighted by Crippen LogP contribution is -2.53. The summed E-state index contributed by atoms with van der Waals surface area (Å²) in [5, 5.41) is 9.12. The lowest BCUT2D eigenvalue weighted by molar-refractivity contribution is 0.424. The molecule has 1 unspecified atom stereocenters. The number of rotatable bonds is 1. The van der Waals surface area contributed by atoms with Gasteiger partial charge in [0, 0.05) is 18.8 Å². The lowest BCUT2D eigenvalue weighted by atomic mass is 9.91. The molecule has 3 heteroatoms. The fraction of sp³-hybridized carbons (Fsp3) is 0.500. The lowest BCUT2D eigenvalue weighted by Gasteiger charge is -2.37. The summed E-state index contributed by atoms with van der Waals surface area (Å²) in [5.41, 5.74) is 9.07. The molecule has 0 aliphatic carbocycles. The second-order valence-electron chi connectivity index (χ2n) is 5.14. The molecular weight excluding hydrogens is 210 g/mol. The molecule has 17 heavy (non-hydrogen) atoms. The van der Waals surface area contributed by atoms with Crippen LogP contribution >= 0.6 is 0 Å². The Balaban J connectivity index is 2.25. The van der Waals surface area contributed by atoms with E-state index in [9.17, 15) is 0 Å². The van der Waals surface area contributed by atoms with Gasteiger partial charge in [-0.25, -0.2) is 0 Å². The van der Waals surface area contributed by atoms with E-state index in [4.69, 9.17) is 11.0 Å². The summed E-state index contributed by atoms with van der Waals surface area (Å²) in [6.45, 7) is 5.82. The summed E-state index contributed by atoms with van der Waals surface area (Å²) in [6, 6.07) is 8.73. The molecule has 1 aromatic carbocycles. The van der Waals surface area contributed by atoms with Crippen LogP contribution in [0.15, 0.2) is 18.2 Å². The first-order chi connectivity index (χ1) is 8.02. The highest BCUT2D eigenvalue weighted by atomic mass is 15.2. The van der Waals surface area contributed by atoms with Crippen molar-refractivity contribution >= 4 is 5.69 Å². The van der Waals surface area contributed by atoms with E-state index in [1.165, 1.54) is 16.8 Å². The van der Waals surface area contributed by atoms with E-state index in [0.717, 1.165) is 19.4 Å². The highest BCUT2D eigenvalue weighted by molar-refractivity contribution is 5.52. The molecule has 0 amide bonds. The van der Waals surface area contributed by atoms with Crippen molar-refractivity contribution in [3.63, 3.8) is 0 Å². The molecule has 0 bridgehead atoms. The van der Waals surface area contributed by atoms with Crippen LogP contribution in [0.1, 0.15) is 24.0 Å². The van der Waals surface area contributed by atoms with Crippen molar-refractivity contribution in [2.45, 2.75) is 32.2 Å². The molecule has 1 aromatic rings. The van der Waals surface area contributed by atoms with Gasteiger partial charge in [0.1, 0.15) is 5.54 Å². The smallest absolute Gasteiger partial charge is 0.121 e. The van der Waals surface area contributed by atoms with Crippen molar-refractivity contribution in [1.29, 1.82) is 5.26 Å². The van der Waals surface area contributed by atoms with E-state index in [1.807, 2.05) is 0 Å². The van der Waals surface area contributed by atoms with Gasteiger partial charge in [0.2, 0.25) is 0 Å². The zero-order chi connectivity index (χ0) is 12.5. The number of piperidine rings is 1. The standard InChI is InChI=1S/C14H19N3/c1-11-6-12(2)8-13(7-11)17-5-3-4-14(16,9-15)10-17/h6-8H,3-5,10,16H2,1-2H3. The van der Waals surface area contributed by atoms with Gasteiger partial charge in [-0.2, -0.15) is 5.26 Å². The summed E-state index contributed by atoms with van der Waals surface area (Å²) in [5.74, 6) is 0. The number of nitriles is 1. The molecular formula is C14H19N3. The van der Waals surface area contributed by atoms with Crippen molar-refractivity contribution in [2.24, 2.45) is 5.73 Å². The van der Waals surface area contributed by atoms with Crippen LogP contribution in [0.25, 0.3) is 0 Å². The van der Waals surface area contributed by atoms with Crippen LogP contribution < -0.4 is 10.6 Å². The van der Waals surface area contributed by atoms with Gasteiger partial charge in [-0.05, 0) is 49.9 Å². The summed E-state index contributed by atoms with van der Waals surface area (Å²) < 4.78 is 0. The van der Waals surface area contributed by atoms with E-state index >= 15 is 0 Å². The molecule has 1 heterocycles. The van der Waals surface area contributed by atoms with E-state index in [0.29, 0.717) is 6.54 Å². The minimum Gasteiger partial charge on any atom is -0.369 e. The first-order valence-corrected chi connectivity index (χ1v) is 6.06. The molecule has 1 saturated heterocycles. The second-order valence-corrected chi connectivity index (χ2v) is 5.14. The molecule has 1 fully saturated rings. The van der Waals surface area contributed by atoms with Crippen molar-refractivity contribution in [2.75, 3.05) is 18.0 Å². The topological polar surface area (TPSA) is 53.0 Å². The Labute approximate surface area is 103 Å². The first-order valence-electron chi connectivity index (χ1n) is 6.06. The largest absolute Gasteiger partial charge is 0.369 e. The first kappa shape index (κ1) is 11.9. The molecule has 0 saturated carbocycles. The van der Waals surface area contributed by atoms with Gasteiger partial charge < -0.3 is 10.6 Å². The maximum atomic E-state index is 9.12. The third kappa shape index (κ3) is 2.59. The fourth-order valence-electron chi connectivity index (χ4n) is 2.53. The van der Waals surface area contributed by atoms with Gasteiger partial charge in [-0.15, -0.1) is 0 Å². The average molecular weight is 229 g/mol. The molecule has 1 aliphatic heterocycles. The van der Waals surface area contributed by atoms with Gasteiger partial charge in [0.05, 0.1) is 6.07 Å². The zero-order valence-corrected chi connectivity index (χ0v) is 10.5. The van der Waals surface area contributed by atoms with Crippen molar-refractivity contribution in [3.05, 3.63) is 29.3 Å². The third-order valence-electron chi connectivity index (χ3n) is 3.32. The fourth-order valence-corrected chi connectivity index (χ4v) is 2.53. The summed E-state index contributed by atoms with van der Waals surface area (Å²) in [4.78, 5) is 2.23. The number of hydrogen-bond acceptors (Lipinski definition) is 3. The van der Waals surface area contributed by atoms with Crippen LogP contribution in [0.3, 0.4) is 0 Å². The molecule has 2 N–H and O–H groups in total. The predicted molar refractivity (Wildman–Crippen MR) is 69.9 cm³/mol. The van der Waals surface area contributed by atoms with Crippen LogP contribution in [0.2, 0.25) is 0 Å². The van der Waals surface area contributed by atoms with Crippen LogP contribution in [0.5, 0.6) is 0 Å². The summed E-state index contributed by atoms with van der Waals surface area (Å²) >= 11 is 0. The Morgan fingerprint density at radius 2 is 1.94 bits per heavy atom. The maximum Gasteiger partial charge on any atom is 0.121 e. The van der Waals surface area contributed by atoms with Crippen LogP contribution in [-0.2, 0) is 0 Å². The number of nitrogens with zero attached hydrogens (tertiary/aromatic N) is 2. The quantitative estimate of drug-likeness (QED) is 0.802. The van der Waals surface area contributed by atoms with E-state index in [-0.39, 0.29) is 0 Å². The molecule has 0 aromatic heterocycles. The van der Waals surface area contributed by atoms with Gasteiger partial charge in [-0.1, -0.05) is 6.07 Å². The molecule has 1 aliphatic rings. The Morgan fingerprint density at radius 1 is 1.29 bits per heavy atom. The van der Waals surface area contributed by atoms with E-state index in [2.05, 4.69) is 43.0 Å². The number of aryl methyl sites for hydroxylation is 2. The summed E-state index contributed by atoms with van der Waals surface area (Å²) in [6.07, 6.45) is 1.78. The molecule has 2 rings (SSSR count). The SMILES string of the molecule is Cc1cc(C)cc(N2CCCC(N)(C#N)C2)c1. The number of hydrogen-bond donors (Lipinski definition) is 1. The van der Waals surface area contributed by atoms with Crippen LogP contribution in [-0.4, -0.2) is 18.6 Å². The molecule has 3 nitrogen and oxygen atoms in total. The Hall–Kier alpha value is -1.53. The van der Waals surface area contributed by atoms with Crippen molar-refractivity contribution in [1.82, 2.24) is 0 Å². The van der Waals surface area contributed by atoms with Crippen LogP contribution in [0, 0.1) is 25.2 Å². The highest BCUT2D eigenvalue weighted by Gasteiger charge is 2.31. The number of benzene rings is 1. The molecule has 90 valence electrons. The van der Waals surface area contributed by atoms with E-state index in [1.54, 1.807) is 0 Å². The minimum absolute atomic E-state index is 0.631. The van der Waals surface area contributed by atoms with Crippen molar-refractivity contribution < 1.29 is 0 Å². The van der Waals surface area contributed by atoms with Gasteiger partial charge in [-0.3, -0.25) is 0 Å². The Bertz CT molecular complexity index is 441. The zero-order valence-electron chi connectivity index (χ0n) is 10.5. The average Bonchev–Trinajstić information content (AvgIpc) is 2.28. The highest BCUT2D eigenvalue weighted by Crippen LogP contribution is 2.25. The number of anilines is 1. The van der Waals surface area contributed by atoms with Gasteiger partial charge in [0.15, 0.2) is 0 Å². The normalized spacial score (nSPS) is 24.5. The Morgan fingerprint density at radius 3 is 2.53 bits per heavy atom.